The second-order valence-electron chi connectivity index (χ2n) is 4.39. The van der Waals surface area contributed by atoms with Crippen molar-refractivity contribution in [1.29, 1.82) is 0 Å². The van der Waals surface area contributed by atoms with Crippen LogP contribution in [0.3, 0.4) is 0 Å². The summed E-state index contributed by atoms with van der Waals surface area (Å²) >= 11 is 0. The molecule has 1 unspecified atom stereocenters. The topological polar surface area (TPSA) is 58.4 Å². The van der Waals surface area contributed by atoms with Crippen LogP contribution >= 0.6 is 0 Å². The van der Waals surface area contributed by atoms with Gasteiger partial charge >= 0.3 is 0 Å². The van der Waals surface area contributed by atoms with Crippen molar-refractivity contribution in [3.8, 4) is 0 Å². The number of nitrogens with two attached hydrogens (primary N) is 1. The molecule has 1 fully saturated rings. The van der Waals surface area contributed by atoms with Gasteiger partial charge in [0, 0.05) is 30.5 Å². The maximum atomic E-state index is 12.9. The third-order valence-corrected chi connectivity index (χ3v) is 3.07. The molecule has 1 aliphatic rings. The van der Waals surface area contributed by atoms with Crippen LogP contribution in [0.25, 0.3) is 0 Å². The third-order valence-electron chi connectivity index (χ3n) is 3.07. The standard InChI is InChI=1S/C12H15F2N3O/c1-17-5-4-10(12(17)18)16-9-3-2-7(15)6-8(9)11(13)14/h2-3,6,10-11,16H,4-5,15H2,1H3. The number of carbonyl (C=O) groups excluding carboxylic acids is 1. The Bertz CT molecular complexity index is 465. The molecule has 1 aliphatic heterocycles. The van der Waals surface area contributed by atoms with Gasteiger partial charge in [0.05, 0.1) is 0 Å². The quantitative estimate of drug-likeness (QED) is 0.810. The molecule has 4 nitrogen and oxygen atoms in total. The van der Waals surface area contributed by atoms with E-state index in [4.69, 9.17) is 5.73 Å². The van der Waals surface area contributed by atoms with Crippen molar-refractivity contribution in [3.63, 3.8) is 0 Å². The van der Waals surface area contributed by atoms with Gasteiger partial charge in [0.15, 0.2) is 0 Å². The zero-order valence-electron chi connectivity index (χ0n) is 9.99. The maximum Gasteiger partial charge on any atom is 0.265 e. The summed E-state index contributed by atoms with van der Waals surface area (Å²) in [5.41, 5.74) is 5.87. The van der Waals surface area contributed by atoms with Gasteiger partial charge in [0.25, 0.3) is 6.43 Å². The Balaban J connectivity index is 2.21. The van der Waals surface area contributed by atoms with E-state index >= 15 is 0 Å². The summed E-state index contributed by atoms with van der Waals surface area (Å²) in [7, 11) is 1.70. The van der Waals surface area contributed by atoms with E-state index in [1.54, 1.807) is 11.9 Å². The van der Waals surface area contributed by atoms with Gasteiger partial charge in [-0.3, -0.25) is 4.79 Å². The van der Waals surface area contributed by atoms with E-state index in [2.05, 4.69) is 5.32 Å². The minimum Gasteiger partial charge on any atom is -0.399 e. The van der Waals surface area contributed by atoms with Gasteiger partial charge in [-0.1, -0.05) is 0 Å². The molecule has 0 bridgehead atoms. The number of carbonyl (C=O) groups is 1. The monoisotopic (exact) mass is 255 g/mol. The zero-order valence-corrected chi connectivity index (χ0v) is 9.99. The maximum absolute atomic E-state index is 12.9. The molecule has 0 saturated carbocycles. The average Bonchev–Trinajstić information content (AvgIpc) is 2.63. The van der Waals surface area contributed by atoms with Crippen molar-refractivity contribution in [1.82, 2.24) is 4.90 Å². The number of alkyl halides is 2. The van der Waals surface area contributed by atoms with Crippen LogP contribution in [0.15, 0.2) is 18.2 Å². The molecule has 1 atom stereocenters. The van der Waals surface area contributed by atoms with E-state index in [0.29, 0.717) is 13.0 Å². The van der Waals surface area contributed by atoms with Crippen molar-refractivity contribution in [2.75, 3.05) is 24.6 Å². The van der Waals surface area contributed by atoms with Crippen LogP contribution in [0.4, 0.5) is 20.2 Å². The molecule has 6 heteroatoms. The van der Waals surface area contributed by atoms with Gasteiger partial charge in [0.2, 0.25) is 5.91 Å². The molecule has 1 amide bonds. The summed E-state index contributed by atoms with van der Waals surface area (Å²) in [5.74, 6) is -0.0768. The van der Waals surface area contributed by atoms with Crippen LogP contribution in [0.2, 0.25) is 0 Å². The highest BCUT2D eigenvalue weighted by Crippen LogP contribution is 2.30. The smallest absolute Gasteiger partial charge is 0.265 e. The Morgan fingerprint density at radius 1 is 1.50 bits per heavy atom. The van der Waals surface area contributed by atoms with E-state index in [-0.39, 0.29) is 22.8 Å². The SMILES string of the molecule is CN1CCC(Nc2ccc(N)cc2C(F)F)C1=O. The highest BCUT2D eigenvalue weighted by Gasteiger charge is 2.29. The number of anilines is 2. The molecule has 1 heterocycles. The van der Waals surface area contributed by atoms with Gasteiger partial charge < -0.3 is 16.0 Å². The van der Waals surface area contributed by atoms with E-state index < -0.39 is 12.5 Å². The molecule has 0 aliphatic carbocycles. The van der Waals surface area contributed by atoms with Gasteiger partial charge in [-0.15, -0.1) is 0 Å². The molecule has 1 aromatic rings. The Hall–Kier alpha value is -1.85. The number of likely N-dealkylation sites (N-methyl/N-ethyl adjacent to an activating group) is 1. The van der Waals surface area contributed by atoms with E-state index in [1.807, 2.05) is 0 Å². The minimum atomic E-state index is -2.62. The van der Waals surface area contributed by atoms with Crippen LogP contribution in [0.1, 0.15) is 18.4 Å². The van der Waals surface area contributed by atoms with Gasteiger partial charge in [0.1, 0.15) is 6.04 Å². The Morgan fingerprint density at radius 2 is 2.22 bits per heavy atom. The summed E-state index contributed by atoms with van der Waals surface area (Å²) in [4.78, 5) is 13.3. The number of hydrogen-bond acceptors (Lipinski definition) is 3. The molecule has 3 N–H and O–H groups in total. The predicted molar refractivity (Wildman–Crippen MR) is 65.5 cm³/mol. The minimum absolute atomic E-state index is 0.0768. The first-order chi connectivity index (χ1) is 8.49. The third kappa shape index (κ3) is 2.37. The summed E-state index contributed by atoms with van der Waals surface area (Å²) < 4.78 is 25.7. The van der Waals surface area contributed by atoms with Crippen molar-refractivity contribution >= 4 is 17.3 Å². The molecule has 0 spiro atoms. The van der Waals surface area contributed by atoms with Crippen LogP contribution < -0.4 is 11.1 Å². The molecular formula is C12H15F2N3O. The van der Waals surface area contributed by atoms with E-state index in [0.717, 1.165) is 0 Å². The summed E-state index contributed by atoms with van der Waals surface area (Å²) in [6, 6.07) is 3.83. The number of rotatable bonds is 3. The molecule has 18 heavy (non-hydrogen) atoms. The molecule has 98 valence electrons. The van der Waals surface area contributed by atoms with Crippen molar-refractivity contribution < 1.29 is 13.6 Å². The largest absolute Gasteiger partial charge is 0.399 e. The lowest BCUT2D eigenvalue weighted by molar-refractivity contribution is -0.127. The van der Waals surface area contributed by atoms with E-state index in [9.17, 15) is 13.6 Å². The lowest BCUT2D eigenvalue weighted by atomic mass is 10.1. The molecule has 2 rings (SSSR count). The highest BCUT2D eigenvalue weighted by molar-refractivity contribution is 5.86. The van der Waals surface area contributed by atoms with Crippen LogP contribution in [0, 0.1) is 0 Å². The second-order valence-corrected chi connectivity index (χ2v) is 4.39. The molecule has 1 aromatic carbocycles. The number of nitrogens with zero attached hydrogens (tertiary/aromatic N) is 1. The van der Waals surface area contributed by atoms with Gasteiger partial charge in [-0.25, -0.2) is 8.78 Å². The average molecular weight is 255 g/mol. The number of halogens is 2. The lowest BCUT2D eigenvalue weighted by Crippen LogP contribution is -2.31. The van der Waals surface area contributed by atoms with Gasteiger partial charge in [-0.05, 0) is 24.6 Å². The lowest BCUT2D eigenvalue weighted by Gasteiger charge is -2.16. The fourth-order valence-electron chi connectivity index (χ4n) is 2.04. The molecule has 1 saturated heterocycles. The second kappa shape index (κ2) is 4.80. The Labute approximate surface area is 104 Å². The first-order valence-corrected chi connectivity index (χ1v) is 5.68. The number of hydrogen-bond donors (Lipinski definition) is 2. The molecule has 0 aromatic heterocycles. The summed E-state index contributed by atoms with van der Waals surface area (Å²) in [6.07, 6.45) is -2.01. The number of nitrogen functional groups attached to an aromatic ring is 1. The fourth-order valence-corrected chi connectivity index (χ4v) is 2.04. The van der Waals surface area contributed by atoms with Crippen LogP contribution in [-0.2, 0) is 4.79 Å². The normalized spacial score (nSPS) is 19.7. The first-order valence-electron chi connectivity index (χ1n) is 5.68. The van der Waals surface area contributed by atoms with Crippen molar-refractivity contribution in [3.05, 3.63) is 23.8 Å². The first kappa shape index (κ1) is 12.6. The summed E-state index contributed by atoms with van der Waals surface area (Å²) in [6.45, 7) is 0.634. The van der Waals surface area contributed by atoms with Gasteiger partial charge in [-0.2, -0.15) is 0 Å². The predicted octanol–water partition coefficient (Wildman–Crippen LogP) is 1.85. The van der Waals surface area contributed by atoms with Crippen molar-refractivity contribution in [2.45, 2.75) is 18.9 Å². The highest BCUT2D eigenvalue weighted by atomic mass is 19.3. The Morgan fingerprint density at radius 3 is 2.78 bits per heavy atom. The van der Waals surface area contributed by atoms with Crippen LogP contribution in [-0.4, -0.2) is 30.4 Å². The van der Waals surface area contributed by atoms with Crippen LogP contribution in [0.5, 0.6) is 0 Å². The Kier molecular flexibility index (Phi) is 3.36. The molecule has 0 radical (unpaired) electrons. The number of amides is 1. The zero-order chi connectivity index (χ0) is 13.3. The fraction of sp³-hybridized carbons (Fsp3) is 0.417. The van der Waals surface area contributed by atoms with Crippen molar-refractivity contribution in [2.24, 2.45) is 0 Å². The number of likely N-dealkylation sites (tertiary alicyclic amines) is 1. The number of benzene rings is 1. The number of nitrogens with one attached hydrogen (secondary N) is 1. The summed E-state index contributed by atoms with van der Waals surface area (Å²) in [5, 5.41) is 2.87. The van der Waals surface area contributed by atoms with E-state index in [1.165, 1.54) is 18.2 Å². The molecular weight excluding hydrogens is 240 g/mol.